The number of fused-ring (bicyclic) bond motifs is 1. The smallest absolute Gasteiger partial charge is 0.307 e. The van der Waals surface area contributed by atoms with E-state index < -0.39 is 17.6 Å². The number of benzene rings is 1. The average molecular weight is 343 g/mol. The minimum absolute atomic E-state index is 0.0472. The summed E-state index contributed by atoms with van der Waals surface area (Å²) in [5.41, 5.74) is 1.14. The molecule has 0 saturated carbocycles. The first-order valence-corrected chi connectivity index (χ1v) is 7.63. The van der Waals surface area contributed by atoms with Crippen molar-refractivity contribution in [2.45, 2.75) is 23.9 Å². The lowest BCUT2D eigenvalue weighted by atomic mass is 10.3. The molecule has 0 saturated heterocycles. The maximum absolute atomic E-state index is 12.7. The molecule has 1 N–H and O–H groups in total. The maximum atomic E-state index is 12.7. The predicted molar refractivity (Wildman–Crippen MR) is 81.2 cm³/mol. The van der Waals surface area contributed by atoms with Crippen LogP contribution in [0.2, 0.25) is 0 Å². The van der Waals surface area contributed by atoms with Gasteiger partial charge in [-0.3, -0.25) is 9.59 Å². The van der Waals surface area contributed by atoms with E-state index in [1.165, 1.54) is 11.7 Å². The third-order valence-electron chi connectivity index (χ3n) is 2.99. The molecule has 6 nitrogen and oxygen atoms in total. The Morgan fingerprint density at radius 2 is 2.13 bits per heavy atom. The van der Waals surface area contributed by atoms with Gasteiger partial charge in [0.1, 0.15) is 6.54 Å². The van der Waals surface area contributed by atoms with Crippen molar-refractivity contribution in [2.24, 2.45) is 0 Å². The highest BCUT2D eigenvalue weighted by Gasteiger charge is 2.17. The van der Waals surface area contributed by atoms with Crippen molar-refractivity contribution in [3.05, 3.63) is 24.3 Å². The van der Waals surface area contributed by atoms with Gasteiger partial charge in [0.05, 0.1) is 24.6 Å². The quantitative estimate of drug-likeness (QED) is 0.615. The number of nitrogens with one attached hydrogen (secondary N) is 1. The Bertz CT molecular complexity index is 706. The lowest BCUT2D eigenvalue weighted by Crippen LogP contribution is -2.30. The number of ether oxygens (including phenoxy) is 1. The van der Waals surface area contributed by atoms with Gasteiger partial charge < -0.3 is 14.6 Å². The summed E-state index contributed by atoms with van der Waals surface area (Å²) in [6.07, 6.45) is 0.0472. The Hall–Kier alpha value is -2.16. The lowest BCUT2D eigenvalue weighted by Gasteiger charge is -2.09. The maximum Gasteiger partial charge on any atom is 0.307 e. The van der Waals surface area contributed by atoms with Crippen LogP contribution in [0.25, 0.3) is 11.0 Å². The Balaban J connectivity index is 2.11. The van der Waals surface area contributed by atoms with Gasteiger partial charge in [0.15, 0.2) is 5.16 Å². The van der Waals surface area contributed by atoms with Crippen LogP contribution in [-0.2, 0) is 20.9 Å². The summed E-state index contributed by atoms with van der Waals surface area (Å²) in [5, 5.41) is 2.62. The number of hydrogen-bond acceptors (Lipinski definition) is 5. The van der Waals surface area contributed by atoms with Gasteiger partial charge in [-0.2, -0.15) is 8.78 Å². The van der Waals surface area contributed by atoms with Crippen LogP contribution in [0.4, 0.5) is 8.78 Å². The molecule has 1 aromatic carbocycles. The summed E-state index contributed by atoms with van der Waals surface area (Å²) in [6.45, 7) is -0.0355. The molecular weight excluding hydrogens is 328 g/mol. The van der Waals surface area contributed by atoms with Crippen LogP contribution in [0.15, 0.2) is 29.4 Å². The van der Waals surface area contributed by atoms with Crippen molar-refractivity contribution in [1.82, 2.24) is 14.9 Å². The van der Waals surface area contributed by atoms with E-state index >= 15 is 0 Å². The summed E-state index contributed by atoms with van der Waals surface area (Å²) in [5.74, 6) is -3.46. The molecule has 124 valence electrons. The number of rotatable bonds is 7. The van der Waals surface area contributed by atoms with Crippen LogP contribution >= 0.6 is 11.8 Å². The van der Waals surface area contributed by atoms with Crippen LogP contribution in [0.5, 0.6) is 0 Å². The van der Waals surface area contributed by atoms with Crippen molar-refractivity contribution in [3.63, 3.8) is 0 Å². The zero-order chi connectivity index (χ0) is 16.8. The summed E-state index contributed by atoms with van der Waals surface area (Å²) in [7, 11) is 1.26. The number of halogens is 2. The molecule has 1 amide bonds. The Morgan fingerprint density at radius 1 is 1.39 bits per heavy atom. The Labute approximate surface area is 135 Å². The van der Waals surface area contributed by atoms with E-state index in [0.717, 1.165) is 0 Å². The largest absolute Gasteiger partial charge is 0.469 e. The van der Waals surface area contributed by atoms with Gasteiger partial charge in [0.25, 0.3) is 5.76 Å². The van der Waals surface area contributed by atoms with Crippen LogP contribution in [0.3, 0.4) is 0 Å². The monoisotopic (exact) mass is 343 g/mol. The molecule has 0 fully saturated rings. The van der Waals surface area contributed by atoms with Crippen LogP contribution in [-0.4, -0.2) is 40.8 Å². The van der Waals surface area contributed by atoms with Crippen molar-refractivity contribution >= 4 is 34.7 Å². The van der Waals surface area contributed by atoms with Gasteiger partial charge in [-0.25, -0.2) is 4.98 Å². The molecule has 0 spiro atoms. The van der Waals surface area contributed by atoms with Gasteiger partial charge in [0, 0.05) is 6.54 Å². The number of alkyl halides is 2. The highest BCUT2D eigenvalue weighted by molar-refractivity contribution is 7.99. The van der Waals surface area contributed by atoms with E-state index in [-0.39, 0.29) is 36.4 Å². The number of thioether (sulfide) groups is 1. The van der Waals surface area contributed by atoms with Gasteiger partial charge in [0.2, 0.25) is 5.91 Å². The number of methoxy groups -OCH3 is 1. The number of hydrogen-bond donors (Lipinski definition) is 1. The number of imidazole rings is 1. The number of carbonyl (C=O) groups excluding carboxylic acids is 2. The number of aromatic nitrogens is 2. The molecule has 1 heterocycles. The number of nitrogens with zero attached hydrogens (tertiary/aromatic N) is 2. The molecule has 0 atom stereocenters. The van der Waals surface area contributed by atoms with Gasteiger partial charge >= 0.3 is 5.97 Å². The van der Waals surface area contributed by atoms with Crippen LogP contribution in [0, 0.1) is 0 Å². The third kappa shape index (κ3) is 4.65. The third-order valence-corrected chi connectivity index (χ3v) is 3.70. The first kappa shape index (κ1) is 17.2. The summed E-state index contributed by atoms with van der Waals surface area (Å²) >= 11 is 0.290. The number of amides is 1. The van der Waals surface area contributed by atoms with Crippen molar-refractivity contribution < 1.29 is 23.1 Å². The highest BCUT2D eigenvalue weighted by atomic mass is 32.2. The van der Waals surface area contributed by atoms with E-state index in [1.54, 1.807) is 24.3 Å². The molecule has 9 heteroatoms. The molecule has 2 rings (SSSR count). The van der Waals surface area contributed by atoms with Crippen molar-refractivity contribution in [3.8, 4) is 0 Å². The van der Waals surface area contributed by atoms with Crippen LogP contribution in [0.1, 0.15) is 6.42 Å². The fourth-order valence-corrected chi connectivity index (χ4v) is 2.58. The molecule has 0 bridgehead atoms. The van der Waals surface area contributed by atoms with E-state index in [4.69, 9.17) is 0 Å². The zero-order valence-electron chi connectivity index (χ0n) is 12.3. The van der Waals surface area contributed by atoms with Crippen molar-refractivity contribution in [1.29, 1.82) is 0 Å². The van der Waals surface area contributed by atoms with Crippen molar-refractivity contribution in [2.75, 3.05) is 13.7 Å². The molecular formula is C14H15F2N3O3S. The minimum atomic E-state index is -2.63. The fourth-order valence-electron chi connectivity index (χ4n) is 1.98. The minimum Gasteiger partial charge on any atom is -0.469 e. The molecule has 0 aliphatic carbocycles. The second-order valence-electron chi connectivity index (χ2n) is 4.52. The molecule has 0 radical (unpaired) electrons. The molecule has 2 aromatic rings. The summed E-state index contributed by atoms with van der Waals surface area (Å²) in [4.78, 5) is 27.1. The molecule has 0 aliphatic rings. The van der Waals surface area contributed by atoms with Crippen LogP contribution < -0.4 is 5.32 Å². The van der Waals surface area contributed by atoms with E-state index in [0.29, 0.717) is 11.0 Å². The topological polar surface area (TPSA) is 73.2 Å². The fraction of sp³-hybridized carbons (Fsp3) is 0.357. The lowest BCUT2D eigenvalue weighted by molar-refractivity contribution is -0.140. The first-order valence-electron chi connectivity index (χ1n) is 6.75. The second-order valence-corrected chi connectivity index (χ2v) is 5.48. The number of para-hydroxylation sites is 2. The molecule has 23 heavy (non-hydrogen) atoms. The normalized spacial score (nSPS) is 11.0. The van der Waals surface area contributed by atoms with E-state index in [1.807, 2.05) is 0 Å². The van der Waals surface area contributed by atoms with E-state index in [2.05, 4.69) is 15.0 Å². The average Bonchev–Trinajstić information content (AvgIpc) is 2.84. The van der Waals surface area contributed by atoms with Gasteiger partial charge in [-0.15, -0.1) is 0 Å². The standard InChI is InChI=1S/C14H15F2N3O3S/c1-22-12(21)6-7-17-11(20)8-19-10-5-3-2-4-9(10)18-14(19)23-13(15)16/h2-5,13H,6-8H2,1H3,(H,17,20). The Morgan fingerprint density at radius 3 is 2.83 bits per heavy atom. The molecule has 0 unspecified atom stereocenters. The first-order chi connectivity index (χ1) is 11.0. The number of carbonyl (C=O) groups is 2. The molecule has 1 aromatic heterocycles. The van der Waals surface area contributed by atoms with Gasteiger partial charge in [-0.05, 0) is 23.9 Å². The summed E-state index contributed by atoms with van der Waals surface area (Å²) < 4.78 is 31.2. The van der Waals surface area contributed by atoms with E-state index in [9.17, 15) is 18.4 Å². The SMILES string of the molecule is COC(=O)CCNC(=O)Cn1c(SC(F)F)nc2ccccc21. The predicted octanol–water partition coefficient (Wildman–Crippen LogP) is 2.03. The van der Waals surface area contributed by atoms with Gasteiger partial charge in [-0.1, -0.05) is 12.1 Å². The zero-order valence-corrected chi connectivity index (χ0v) is 13.1. The second kappa shape index (κ2) is 7.91. The Kier molecular flexibility index (Phi) is 5.91. The molecule has 0 aliphatic heterocycles. The summed E-state index contributed by atoms with van der Waals surface area (Å²) in [6, 6.07) is 6.88. The highest BCUT2D eigenvalue weighted by Crippen LogP contribution is 2.28. The number of esters is 1.